The number of imidazole rings is 1. The number of benzene rings is 3. The number of aromatic nitrogens is 2. The lowest BCUT2D eigenvalue weighted by Crippen LogP contribution is -2.18. The average Bonchev–Trinajstić information content (AvgIpc) is 3.64. The minimum absolute atomic E-state index is 0.0882. The van der Waals surface area contributed by atoms with Gasteiger partial charge in [-0.15, -0.1) is 0 Å². The topological polar surface area (TPSA) is 98.8 Å². The van der Waals surface area contributed by atoms with E-state index >= 15 is 0 Å². The molecule has 0 bridgehead atoms. The van der Waals surface area contributed by atoms with Crippen LogP contribution in [0.1, 0.15) is 41.8 Å². The molecule has 1 saturated heterocycles. The van der Waals surface area contributed by atoms with E-state index in [0.717, 1.165) is 52.3 Å². The number of anilines is 1. The van der Waals surface area contributed by atoms with Gasteiger partial charge in [-0.25, -0.2) is 9.37 Å². The van der Waals surface area contributed by atoms with E-state index in [1.807, 2.05) is 36.4 Å². The molecule has 2 aromatic heterocycles. The molecule has 1 fully saturated rings. The van der Waals surface area contributed by atoms with Gasteiger partial charge in [0.15, 0.2) is 0 Å². The number of rotatable bonds is 6. The Labute approximate surface area is 223 Å². The first-order valence-corrected chi connectivity index (χ1v) is 13.1. The molecule has 0 amide bonds. The zero-order chi connectivity index (χ0) is 26.5. The van der Waals surface area contributed by atoms with Crippen LogP contribution in [0.25, 0.3) is 27.7 Å². The molecular weight excluding hydrogens is 501 g/mol. The smallest absolute Gasteiger partial charge is 0.307 e. The van der Waals surface area contributed by atoms with Gasteiger partial charge in [-0.2, -0.15) is 0 Å². The molecule has 0 spiro atoms. The second kappa shape index (κ2) is 9.43. The SMILES string of the molecule is O=C(O)Cc1coc2cc(N[C@@H]3COc4c3cccc4-n3c(C4CCOCC4)nc4ccc(F)cc43)ccc12. The zero-order valence-electron chi connectivity index (χ0n) is 21.0. The Morgan fingerprint density at radius 1 is 1.13 bits per heavy atom. The number of nitrogens with zero attached hydrogens (tertiary/aromatic N) is 2. The lowest BCUT2D eigenvalue weighted by atomic mass is 9.99. The van der Waals surface area contributed by atoms with Gasteiger partial charge >= 0.3 is 5.97 Å². The molecule has 1 atom stereocenters. The summed E-state index contributed by atoms with van der Waals surface area (Å²) in [5.74, 6) is 0.632. The van der Waals surface area contributed by atoms with Crippen molar-refractivity contribution in [3.8, 4) is 11.4 Å². The number of fused-ring (bicyclic) bond motifs is 3. The fourth-order valence-corrected chi connectivity index (χ4v) is 5.75. The highest BCUT2D eigenvalue weighted by molar-refractivity contribution is 5.87. The molecule has 39 heavy (non-hydrogen) atoms. The summed E-state index contributed by atoms with van der Waals surface area (Å²) in [6.07, 6.45) is 3.12. The zero-order valence-corrected chi connectivity index (χ0v) is 21.0. The third-order valence-corrected chi connectivity index (χ3v) is 7.60. The quantitative estimate of drug-likeness (QED) is 0.280. The van der Waals surface area contributed by atoms with E-state index in [-0.39, 0.29) is 24.2 Å². The molecule has 9 heteroatoms. The summed E-state index contributed by atoms with van der Waals surface area (Å²) in [5, 5.41) is 13.5. The first kappa shape index (κ1) is 23.7. The van der Waals surface area contributed by atoms with Crippen LogP contribution in [0.15, 0.2) is 65.3 Å². The Hall–Kier alpha value is -4.37. The Balaban J connectivity index is 1.25. The molecule has 4 heterocycles. The number of aliphatic carboxylic acids is 1. The predicted octanol–water partition coefficient (Wildman–Crippen LogP) is 5.98. The van der Waals surface area contributed by atoms with Crippen LogP contribution in [0.2, 0.25) is 0 Å². The second-order valence-corrected chi connectivity index (χ2v) is 10.1. The standard InChI is InChI=1S/C30H26FN3O5/c31-19-4-7-23-26(13-19)34(30(33-23)17-8-10-37-11-9-17)25-3-1-2-22-24(16-39-29(22)25)32-20-5-6-21-18(12-28(35)36)15-38-27(21)14-20/h1-7,13-15,17,24,32H,8-12,16H2,(H,35,36)/t24-/m1/s1. The highest BCUT2D eigenvalue weighted by atomic mass is 19.1. The van der Waals surface area contributed by atoms with Gasteiger partial charge in [-0.05, 0) is 43.2 Å². The van der Waals surface area contributed by atoms with Crippen molar-refractivity contribution in [2.75, 3.05) is 25.1 Å². The molecular formula is C30H26FN3O5. The first-order valence-electron chi connectivity index (χ1n) is 13.1. The largest absolute Gasteiger partial charge is 0.489 e. The van der Waals surface area contributed by atoms with Gasteiger partial charge in [0.25, 0.3) is 0 Å². The summed E-state index contributed by atoms with van der Waals surface area (Å²) in [6, 6.07) is 16.3. The predicted molar refractivity (Wildman–Crippen MR) is 143 cm³/mol. The van der Waals surface area contributed by atoms with Crippen LogP contribution in [0.4, 0.5) is 10.1 Å². The van der Waals surface area contributed by atoms with Crippen LogP contribution >= 0.6 is 0 Å². The molecule has 0 aliphatic carbocycles. The summed E-state index contributed by atoms with van der Waals surface area (Å²) in [7, 11) is 0. The van der Waals surface area contributed by atoms with Crippen molar-refractivity contribution in [3.63, 3.8) is 0 Å². The molecule has 198 valence electrons. The van der Waals surface area contributed by atoms with Crippen LogP contribution in [-0.2, 0) is 16.0 Å². The second-order valence-electron chi connectivity index (χ2n) is 10.1. The summed E-state index contributed by atoms with van der Waals surface area (Å²) in [5.41, 5.74) is 5.40. The number of halogens is 1. The minimum Gasteiger partial charge on any atom is -0.489 e. The van der Waals surface area contributed by atoms with Crippen molar-refractivity contribution in [1.82, 2.24) is 9.55 Å². The van der Waals surface area contributed by atoms with Crippen LogP contribution in [0, 0.1) is 5.82 Å². The van der Waals surface area contributed by atoms with E-state index < -0.39 is 5.97 Å². The van der Waals surface area contributed by atoms with Crippen LogP contribution in [0.5, 0.6) is 5.75 Å². The Morgan fingerprint density at radius 3 is 2.85 bits per heavy atom. The fourth-order valence-electron chi connectivity index (χ4n) is 5.75. The van der Waals surface area contributed by atoms with E-state index in [9.17, 15) is 9.18 Å². The van der Waals surface area contributed by atoms with Gasteiger partial charge in [0.05, 0.1) is 35.4 Å². The third kappa shape index (κ3) is 4.19. The van der Waals surface area contributed by atoms with Crippen molar-refractivity contribution < 1.29 is 28.2 Å². The van der Waals surface area contributed by atoms with Crippen LogP contribution in [0.3, 0.4) is 0 Å². The van der Waals surface area contributed by atoms with Crippen molar-refractivity contribution in [2.24, 2.45) is 0 Å². The number of carbonyl (C=O) groups is 1. The maximum absolute atomic E-state index is 14.4. The van der Waals surface area contributed by atoms with Crippen LogP contribution in [-0.4, -0.2) is 40.4 Å². The highest BCUT2D eigenvalue weighted by Gasteiger charge is 2.31. The van der Waals surface area contributed by atoms with Crippen molar-refractivity contribution in [3.05, 3.63) is 83.6 Å². The lowest BCUT2D eigenvalue weighted by molar-refractivity contribution is -0.136. The Kier molecular flexibility index (Phi) is 5.73. The van der Waals surface area contributed by atoms with E-state index in [4.69, 9.17) is 24.0 Å². The normalized spacial score (nSPS) is 17.4. The maximum atomic E-state index is 14.4. The van der Waals surface area contributed by atoms with Crippen molar-refractivity contribution in [1.29, 1.82) is 0 Å². The van der Waals surface area contributed by atoms with Gasteiger partial charge in [0.2, 0.25) is 0 Å². The fraction of sp³-hybridized carbons (Fsp3) is 0.267. The number of ether oxygens (including phenoxy) is 2. The van der Waals surface area contributed by atoms with Crippen molar-refractivity contribution >= 4 is 33.7 Å². The molecule has 0 saturated carbocycles. The van der Waals surface area contributed by atoms with Gasteiger partial charge in [0, 0.05) is 53.5 Å². The van der Waals surface area contributed by atoms with E-state index in [1.54, 1.807) is 6.07 Å². The summed E-state index contributed by atoms with van der Waals surface area (Å²) in [6.45, 7) is 1.77. The monoisotopic (exact) mass is 527 g/mol. The summed E-state index contributed by atoms with van der Waals surface area (Å²) in [4.78, 5) is 16.1. The number of para-hydroxylation sites is 1. The average molecular weight is 528 g/mol. The molecule has 2 aliphatic rings. The molecule has 5 aromatic rings. The number of hydrogen-bond donors (Lipinski definition) is 2. The number of furan rings is 1. The van der Waals surface area contributed by atoms with Gasteiger partial charge in [-0.1, -0.05) is 12.1 Å². The lowest BCUT2D eigenvalue weighted by Gasteiger charge is -2.23. The van der Waals surface area contributed by atoms with Gasteiger partial charge in [0.1, 0.15) is 29.6 Å². The number of hydrogen-bond acceptors (Lipinski definition) is 6. The summed E-state index contributed by atoms with van der Waals surface area (Å²) >= 11 is 0. The van der Waals surface area contributed by atoms with Gasteiger partial charge < -0.3 is 24.3 Å². The van der Waals surface area contributed by atoms with Crippen LogP contribution < -0.4 is 10.1 Å². The van der Waals surface area contributed by atoms with Crippen molar-refractivity contribution in [2.45, 2.75) is 31.2 Å². The number of nitrogens with one attached hydrogen (secondary N) is 1. The number of carboxylic acid groups (broad SMARTS) is 1. The molecule has 8 nitrogen and oxygen atoms in total. The Bertz CT molecular complexity index is 1720. The Morgan fingerprint density at radius 2 is 2.00 bits per heavy atom. The molecule has 3 aromatic carbocycles. The molecule has 2 N–H and O–H groups in total. The molecule has 0 unspecified atom stereocenters. The number of carboxylic acids is 1. The minimum atomic E-state index is -0.899. The third-order valence-electron chi connectivity index (χ3n) is 7.60. The molecule has 0 radical (unpaired) electrons. The van der Waals surface area contributed by atoms with E-state index in [1.165, 1.54) is 18.4 Å². The summed E-state index contributed by atoms with van der Waals surface area (Å²) < 4.78 is 33.9. The van der Waals surface area contributed by atoms with Gasteiger partial charge in [-0.3, -0.25) is 9.36 Å². The highest BCUT2D eigenvalue weighted by Crippen LogP contribution is 2.42. The van der Waals surface area contributed by atoms with E-state index in [0.29, 0.717) is 36.5 Å². The molecule has 2 aliphatic heterocycles. The van der Waals surface area contributed by atoms with E-state index in [2.05, 4.69) is 9.88 Å². The first-order chi connectivity index (χ1) is 19.0. The molecule has 7 rings (SSSR count). The maximum Gasteiger partial charge on any atom is 0.307 e.